The number of halogens is 3. The first-order valence-electron chi connectivity index (χ1n) is 10.2. The molecule has 0 aromatic heterocycles. The van der Waals surface area contributed by atoms with E-state index in [1.54, 1.807) is 42.5 Å². The number of methoxy groups -OCH3 is 1. The summed E-state index contributed by atoms with van der Waals surface area (Å²) in [5.41, 5.74) is 1.82. The van der Waals surface area contributed by atoms with Gasteiger partial charge in [-0.25, -0.2) is 4.99 Å². The van der Waals surface area contributed by atoms with Gasteiger partial charge in [-0.2, -0.15) is 0 Å². The Bertz CT molecular complexity index is 1430. The normalized spacial score (nSPS) is 15.3. The van der Waals surface area contributed by atoms with Gasteiger partial charge in [-0.05, 0) is 75.8 Å². The molecule has 1 heterocycles. The predicted molar refractivity (Wildman–Crippen MR) is 150 cm³/mol. The zero-order chi connectivity index (χ0) is 25.8. The minimum atomic E-state index is -0.451. The predicted octanol–water partition coefficient (Wildman–Crippen LogP) is 6.99. The van der Waals surface area contributed by atoms with E-state index in [9.17, 15) is 14.9 Å². The summed E-state index contributed by atoms with van der Waals surface area (Å²) in [5, 5.41) is 14.8. The van der Waals surface area contributed by atoms with E-state index in [2.05, 4.69) is 32.9 Å². The number of amidine groups is 1. The second-order valence-electron chi connectivity index (χ2n) is 7.30. The molecule has 0 atom stereocenters. The van der Waals surface area contributed by atoms with E-state index in [1.165, 1.54) is 31.0 Å². The highest BCUT2D eigenvalue weighted by atomic mass is 127. The van der Waals surface area contributed by atoms with E-state index in [-0.39, 0.29) is 18.2 Å². The van der Waals surface area contributed by atoms with Crippen LogP contribution in [0.1, 0.15) is 11.1 Å². The fourth-order valence-electron chi connectivity index (χ4n) is 3.20. The molecule has 1 N–H and O–H groups in total. The van der Waals surface area contributed by atoms with Crippen molar-refractivity contribution in [3.8, 4) is 11.5 Å². The number of thioether (sulfide) groups is 1. The van der Waals surface area contributed by atoms with Gasteiger partial charge < -0.3 is 14.8 Å². The van der Waals surface area contributed by atoms with E-state index in [0.717, 1.165) is 9.13 Å². The molecule has 1 fully saturated rings. The van der Waals surface area contributed by atoms with Gasteiger partial charge in [0.25, 0.3) is 11.6 Å². The zero-order valence-corrected chi connectivity index (χ0v) is 22.9. The van der Waals surface area contributed by atoms with Crippen LogP contribution in [0.25, 0.3) is 6.08 Å². The van der Waals surface area contributed by atoms with Crippen molar-refractivity contribution < 1.29 is 19.2 Å². The lowest BCUT2D eigenvalue weighted by atomic mass is 10.1. The molecule has 0 saturated carbocycles. The van der Waals surface area contributed by atoms with Gasteiger partial charge in [0.15, 0.2) is 16.7 Å². The van der Waals surface area contributed by atoms with Gasteiger partial charge in [0.05, 0.1) is 36.2 Å². The molecule has 1 aliphatic heterocycles. The van der Waals surface area contributed by atoms with Crippen LogP contribution in [0.4, 0.5) is 11.4 Å². The number of carbonyl (C=O) groups is 1. The Hall–Kier alpha value is -2.80. The third-order valence-corrected chi connectivity index (χ3v) is 7.38. The summed E-state index contributed by atoms with van der Waals surface area (Å²) in [7, 11) is 1.51. The number of benzene rings is 3. The summed E-state index contributed by atoms with van der Waals surface area (Å²) < 4.78 is 12.2. The van der Waals surface area contributed by atoms with E-state index >= 15 is 0 Å². The molecular weight excluding hydrogens is 640 g/mol. The Morgan fingerprint density at radius 1 is 1.19 bits per heavy atom. The highest BCUT2D eigenvalue weighted by molar-refractivity contribution is 14.1. The Balaban J connectivity index is 1.54. The number of nitro groups is 1. The number of hydrogen-bond donors (Lipinski definition) is 1. The molecule has 3 aromatic carbocycles. The lowest BCUT2D eigenvalue weighted by Crippen LogP contribution is -2.19. The topological polar surface area (TPSA) is 103 Å². The third kappa shape index (κ3) is 6.12. The van der Waals surface area contributed by atoms with Crippen LogP contribution in [-0.2, 0) is 11.4 Å². The van der Waals surface area contributed by atoms with Gasteiger partial charge in [-0.3, -0.25) is 14.9 Å². The van der Waals surface area contributed by atoms with Crippen molar-refractivity contribution in [2.45, 2.75) is 6.61 Å². The van der Waals surface area contributed by atoms with E-state index in [4.69, 9.17) is 32.7 Å². The summed E-state index contributed by atoms with van der Waals surface area (Å²) >= 11 is 15.5. The largest absolute Gasteiger partial charge is 0.493 e. The number of nitro benzene ring substituents is 1. The number of non-ortho nitro benzene ring substituents is 1. The van der Waals surface area contributed by atoms with Gasteiger partial charge in [0, 0.05) is 12.1 Å². The molecule has 184 valence electrons. The number of amides is 1. The summed E-state index contributed by atoms with van der Waals surface area (Å²) in [4.78, 5) is 27.9. The van der Waals surface area contributed by atoms with Crippen molar-refractivity contribution in [1.29, 1.82) is 0 Å². The molecule has 12 heteroatoms. The fraction of sp³-hybridized carbons (Fsp3) is 0.0833. The molecule has 3 aromatic rings. The fourth-order valence-corrected chi connectivity index (χ4v) is 5.15. The molecule has 0 spiro atoms. The van der Waals surface area contributed by atoms with Crippen LogP contribution in [0.15, 0.2) is 64.5 Å². The molecule has 4 rings (SSSR count). The Morgan fingerprint density at radius 3 is 2.72 bits per heavy atom. The number of rotatable bonds is 7. The van der Waals surface area contributed by atoms with Gasteiger partial charge in [0.1, 0.15) is 6.61 Å². The SMILES string of the molecule is COc1cc(/C=C2/SC(=Nc3cccc(Cl)c3Cl)NC2=O)cc(I)c1OCc1cccc([N+](=O)[O-])c1. The van der Waals surface area contributed by atoms with Crippen LogP contribution in [0.5, 0.6) is 11.5 Å². The molecular formula is C24H16Cl2IN3O5S. The number of nitrogens with zero attached hydrogens (tertiary/aromatic N) is 2. The van der Waals surface area contributed by atoms with Gasteiger partial charge >= 0.3 is 0 Å². The van der Waals surface area contributed by atoms with Crippen molar-refractivity contribution in [3.05, 3.63) is 94.4 Å². The maximum Gasteiger partial charge on any atom is 0.269 e. The Labute approximate surface area is 234 Å². The zero-order valence-electron chi connectivity index (χ0n) is 18.5. The molecule has 36 heavy (non-hydrogen) atoms. The van der Waals surface area contributed by atoms with E-state index in [0.29, 0.717) is 42.9 Å². The lowest BCUT2D eigenvalue weighted by molar-refractivity contribution is -0.384. The quantitative estimate of drug-likeness (QED) is 0.127. The van der Waals surface area contributed by atoms with Crippen LogP contribution in [0.2, 0.25) is 10.0 Å². The standard InChI is InChI=1S/C24H16Cl2IN3O5S/c1-34-19-10-14(9-17(27)22(19)35-12-13-4-2-5-15(8-13)30(32)33)11-20-23(31)29-24(36-20)28-18-7-3-6-16(25)21(18)26/h2-11H,12H2,1H3,(H,28,29,31)/b20-11+. The molecule has 1 amide bonds. The smallest absolute Gasteiger partial charge is 0.269 e. The first-order valence-corrected chi connectivity index (χ1v) is 12.9. The van der Waals surface area contributed by atoms with E-state index < -0.39 is 4.92 Å². The van der Waals surface area contributed by atoms with Crippen LogP contribution in [-0.4, -0.2) is 23.1 Å². The number of aliphatic imine (C=N–C) groups is 1. The highest BCUT2D eigenvalue weighted by Gasteiger charge is 2.25. The average molecular weight is 656 g/mol. The maximum atomic E-state index is 12.5. The number of ether oxygens (including phenoxy) is 2. The minimum absolute atomic E-state index is 0.00684. The summed E-state index contributed by atoms with van der Waals surface area (Å²) in [6.07, 6.45) is 1.72. The second-order valence-corrected chi connectivity index (χ2v) is 10.3. The lowest BCUT2D eigenvalue weighted by Gasteiger charge is -2.14. The second kappa shape index (κ2) is 11.5. The van der Waals surface area contributed by atoms with Crippen LogP contribution in [0.3, 0.4) is 0 Å². The first-order chi connectivity index (χ1) is 17.2. The van der Waals surface area contributed by atoms with Crippen molar-refractivity contribution in [2.24, 2.45) is 4.99 Å². The van der Waals surface area contributed by atoms with Crippen LogP contribution in [0, 0.1) is 13.7 Å². The van der Waals surface area contributed by atoms with Gasteiger partial charge in [0.2, 0.25) is 0 Å². The van der Waals surface area contributed by atoms with Gasteiger partial charge in [-0.1, -0.05) is 41.4 Å². The average Bonchev–Trinajstić information content (AvgIpc) is 3.19. The highest BCUT2D eigenvalue weighted by Crippen LogP contribution is 2.37. The first kappa shape index (κ1) is 26.3. The number of nitrogens with one attached hydrogen (secondary N) is 1. The Morgan fingerprint density at radius 2 is 1.97 bits per heavy atom. The molecule has 0 radical (unpaired) electrons. The van der Waals surface area contributed by atoms with Crippen molar-refractivity contribution in [1.82, 2.24) is 5.32 Å². The van der Waals surface area contributed by atoms with Crippen molar-refractivity contribution in [2.75, 3.05) is 7.11 Å². The summed E-state index contributed by atoms with van der Waals surface area (Å²) in [6, 6.07) is 14.9. The Kier molecular flexibility index (Phi) is 8.39. The van der Waals surface area contributed by atoms with Gasteiger partial charge in [-0.15, -0.1) is 0 Å². The minimum Gasteiger partial charge on any atom is -0.493 e. The molecule has 0 aliphatic carbocycles. The molecule has 0 unspecified atom stereocenters. The number of hydrogen-bond acceptors (Lipinski definition) is 7. The van der Waals surface area contributed by atoms with Crippen molar-refractivity contribution in [3.63, 3.8) is 0 Å². The van der Waals surface area contributed by atoms with E-state index in [1.807, 2.05) is 6.07 Å². The summed E-state index contributed by atoms with van der Waals surface area (Å²) in [6.45, 7) is 0.124. The third-order valence-electron chi connectivity index (χ3n) is 4.86. The van der Waals surface area contributed by atoms with Crippen molar-refractivity contribution >= 4 is 86.1 Å². The summed E-state index contributed by atoms with van der Waals surface area (Å²) in [5.74, 6) is 0.659. The maximum absolute atomic E-state index is 12.5. The number of carbonyl (C=O) groups excluding carboxylic acids is 1. The molecule has 8 nitrogen and oxygen atoms in total. The molecule has 0 bridgehead atoms. The monoisotopic (exact) mass is 655 g/mol. The van der Waals surface area contributed by atoms with Crippen LogP contribution < -0.4 is 14.8 Å². The van der Waals surface area contributed by atoms with Crippen LogP contribution >= 0.6 is 57.6 Å². The molecule has 1 saturated heterocycles. The molecule has 1 aliphatic rings.